The summed E-state index contributed by atoms with van der Waals surface area (Å²) in [7, 11) is 1.36. The summed E-state index contributed by atoms with van der Waals surface area (Å²) in [4.78, 5) is 11.7. The number of methoxy groups -OCH3 is 1. The van der Waals surface area contributed by atoms with Crippen molar-refractivity contribution in [3.63, 3.8) is 0 Å². The van der Waals surface area contributed by atoms with Crippen molar-refractivity contribution in [3.05, 3.63) is 11.4 Å². The van der Waals surface area contributed by atoms with Crippen LogP contribution in [0.2, 0.25) is 0 Å². The highest BCUT2D eigenvalue weighted by Crippen LogP contribution is 2.32. The Hall–Kier alpha value is -1.43. The van der Waals surface area contributed by atoms with Gasteiger partial charge in [-0.2, -0.15) is 0 Å². The lowest BCUT2D eigenvalue weighted by Crippen LogP contribution is -2.22. The molecule has 0 saturated heterocycles. The highest BCUT2D eigenvalue weighted by atomic mass is 16.5. The van der Waals surface area contributed by atoms with Gasteiger partial charge >= 0.3 is 5.97 Å². The maximum absolute atomic E-state index is 11.7. The Morgan fingerprint density at radius 3 is 2.95 bits per heavy atom. The molecule has 2 unspecified atom stereocenters. The number of carbonyl (C=O) groups is 1. The van der Waals surface area contributed by atoms with E-state index in [2.05, 4.69) is 17.2 Å². The molecule has 1 aliphatic rings. The lowest BCUT2D eigenvalue weighted by atomic mass is 9.87. The quantitative estimate of drug-likeness (QED) is 0.831. The molecule has 0 aliphatic heterocycles. The summed E-state index contributed by atoms with van der Waals surface area (Å²) < 4.78 is 6.65. The van der Waals surface area contributed by atoms with Crippen molar-refractivity contribution in [3.8, 4) is 0 Å². The molecule has 0 bridgehead atoms. The van der Waals surface area contributed by atoms with Crippen molar-refractivity contribution < 1.29 is 9.53 Å². The molecule has 2 N–H and O–H groups in total. The Kier molecular flexibility index (Phi) is 4.52. The van der Waals surface area contributed by atoms with Crippen LogP contribution in [0, 0.1) is 5.92 Å². The van der Waals surface area contributed by atoms with E-state index in [1.807, 2.05) is 4.68 Å². The summed E-state index contributed by atoms with van der Waals surface area (Å²) in [6.45, 7) is 2.73. The van der Waals surface area contributed by atoms with E-state index in [0.29, 0.717) is 30.6 Å². The molecule has 1 saturated carbocycles. The van der Waals surface area contributed by atoms with E-state index >= 15 is 0 Å². The third-order valence-electron chi connectivity index (χ3n) is 3.81. The molecule has 1 aromatic rings. The van der Waals surface area contributed by atoms with Crippen molar-refractivity contribution >= 4 is 5.97 Å². The molecule has 1 fully saturated rings. The summed E-state index contributed by atoms with van der Waals surface area (Å²) in [5.74, 6) is 0.258. The van der Waals surface area contributed by atoms with Crippen molar-refractivity contribution in [2.75, 3.05) is 13.7 Å². The van der Waals surface area contributed by atoms with Gasteiger partial charge in [0.05, 0.1) is 18.8 Å². The maximum atomic E-state index is 11.7. The number of nitrogens with two attached hydrogens (primary N) is 1. The van der Waals surface area contributed by atoms with Gasteiger partial charge in [-0.1, -0.05) is 25.0 Å². The highest BCUT2D eigenvalue weighted by molar-refractivity contribution is 5.88. The lowest BCUT2D eigenvalue weighted by molar-refractivity contribution is 0.0592. The molecule has 6 nitrogen and oxygen atoms in total. The SMILES string of the molecule is COC(=O)c1nnn(C2CCCC(C)C2)c1CCN. The van der Waals surface area contributed by atoms with E-state index in [4.69, 9.17) is 10.5 Å². The van der Waals surface area contributed by atoms with E-state index in [9.17, 15) is 4.79 Å². The molecule has 0 aromatic carbocycles. The first-order valence-electron chi connectivity index (χ1n) is 6.89. The minimum absolute atomic E-state index is 0.311. The third-order valence-corrected chi connectivity index (χ3v) is 3.81. The monoisotopic (exact) mass is 266 g/mol. The Morgan fingerprint density at radius 1 is 1.53 bits per heavy atom. The fraction of sp³-hybridized carbons (Fsp3) is 0.769. The molecular formula is C13H22N4O2. The summed E-state index contributed by atoms with van der Waals surface area (Å²) in [6, 6.07) is 0.330. The van der Waals surface area contributed by atoms with Gasteiger partial charge in [0, 0.05) is 6.42 Å². The molecule has 19 heavy (non-hydrogen) atoms. The number of hydrogen-bond donors (Lipinski definition) is 1. The first-order chi connectivity index (χ1) is 9.17. The minimum Gasteiger partial charge on any atom is -0.464 e. The van der Waals surface area contributed by atoms with Crippen molar-refractivity contribution in [2.45, 2.75) is 45.1 Å². The zero-order chi connectivity index (χ0) is 13.8. The van der Waals surface area contributed by atoms with Gasteiger partial charge in [-0.3, -0.25) is 0 Å². The second-order valence-corrected chi connectivity index (χ2v) is 5.29. The maximum Gasteiger partial charge on any atom is 0.360 e. The van der Waals surface area contributed by atoms with Gasteiger partial charge in [-0.05, 0) is 25.3 Å². The predicted octanol–water partition coefficient (Wildman–Crippen LogP) is 1.32. The Labute approximate surface area is 113 Å². The van der Waals surface area contributed by atoms with Crippen LogP contribution in [-0.2, 0) is 11.2 Å². The first kappa shape index (κ1) is 14.0. The number of nitrogens with zero attached hydrogens (tertiary/aromatic N) is 3. The number of hydrogen-bond acceptors (Lipinski definition) is 5. The number of carbonyl (C=O) groups excluding carboxylic acids is 1. The van der Waals surface area contributed by atoms with Gasteiger partial charge in [0.1, 0.15) is 0 Å². The zero-order valence-electron chi connectivity index (χ0n) is 11.6. The van der Waals surface area contributed by atoms with E-state index in [1.165, 1.54) is 20.0 Å². The molecule has 6 heteroatoms. The summed E-state index contributed by atoms with van der Waals surface area (Å²) in [5, 5.41) is 8.16. The lowest BCUT2D eigenvalue weighted by Gasteiger charge is -2.27. The summed E-state index contributed by atoms with van der Waals surface area (Å²) in [6.07, 6.45) is 5.23. The fourth-order valence-corrected chi connectivity index (χ4v) is 2.86. The summed E-state index contributed by atoms with van der Waals surface area (Å²) in [5.41, 5.74) is 6.76. The molecule has 0 spiro atoms. The van der Waals surface area contributed by atoms with Crippen LogP contribution in [0.5, 0.6) is 0 Å². The van der Waals surface area contributed by atoms with Crippen LogP contribution < -0.4 is 5.73 Å². The highest BCUT2D eigenvalue weighted by Gasteiger charge is 2.27. The Bertz CT molecular complexity index is 444. The number of ether oxygens (including phenoxy) is 1. The molecule has 0 amide bonds. The molecule has 106 valence electrons. The van der Waals surface area contributed by atoms with E-state index in [0.717, 1.165) is 18.5 Å². The topological polar surface area (TPSA) is 83.0 Å². The standard InChI is InChI=1S/C13H22N4O2/c1-9-4-3-5-10(8-9)17-11(6-7-14)12(15-16-17)13(18)19-2/h9-10H,3-8,14H2,1-2H3. The van der Waals surface area contributed by atoms with Crippen molar-refractivity contribution in [2.24, 2.45) is 11.7 Å². The molecule has 0 radical (unpaired) electrons. The van der Waals surface area contributed by atoms with Crippen LogP contribution in [0.25, 0.3) is 0 Å². The molecular weight excluding hydrogens is 244 g/mol. The van der Waals surface area contributed by atoms with Crippen LogP contribution >= 0.6 is 0 Å². The van der Waals surface area contributed by atoms with Gasteiger partial charge in [0.25, 0.3) is 0 Å². The molecule has 2 rings (SSSR count). The van der Waals surface area contributed by atoms with Crippen molar-refractivity contribution in [1.82, 2.24) is 15.0 Å². The van der Waals surface area contributed by atoms with E-state index in [-0.39, 0.29) is 0 Å². The van der Waals surface area contributed by atoms with Gasteiger partial charge in [-0.15, -0.1) is 5.10 Å². The number of aromatic nitrogens is 3. The van der Waals surface area contributed by atoms with Crippen LogP contribution in [0.1, 0.15) is 54.8 Å². The van der Waals surface area contributed by atoms with E-state index in [1.54, 1.807) is 0 Å². The molecule has 1 aliphatic carbocycles. The average molecular weight is 266 g/mol. The molecule has 1 heterocycles. The smallest absolute Gasteiger partial charge is 0.360 e. The van der Waals surface area contributed by atoms with Crippen LogP contribution in [0.4, 0.5) is 0 Å². The second kappa shape index (κ2) is 6.14. The van der Waals surface area contributed by atoms with Crippen molar-refractivity contribution in [1.29, 1.82) is 0 Å². The molecule has 1 aromatic heterocycles. The van der Waals surface area contributed by atoms with Gasteiger partial charge in [-0.25, -0.2) is 9.48 Å². The van der Waals surface area contributed by atoms with Crippen LogP contribution in [0.15, 0.2) is 0 Å². The Balaban J connectivity index is 2.28. The number of esters is 1. The van der Waals surface area contributed by atoms with Crippen LogP contribution in [0.3, 0.4) is 0 Å². The third kappa shape index (κ3) is 2.94. The fourth-order valence-electron chi connectivity index (χ4n) is 2.86. The summed E-state index contributed by atoms with van der Waals surface area (Å²) >= 11 is 0. The van der Waals surface area contributed by atoms with Crippen LogP contribution in [-0.4, -0.2) is 34.6 Å². The van der Waals surface area contributed by atoms with Gasteiger partial charge in [0.2, 0.25) is 0 Å². The largest absolute Gasteiger partial charge is 0.464 e. The normalized spacial score (nSPS) is 23.3. The molecule has 2 atom stereocenters. The predicted molar refractivity (Wildman–Crippen MR) is 70.8 cm³/mol. The van der Waals surface area contributed by atoms with Gasteiger partial charge in [0.15, 0.2) is 5.69 Å². The zero-order valence-corrected chi connectivity index (χ0v) is 11.6. The van der Waals surface area contributed by atoms with E-state index < -0.39 is 5.97 Å². The second-order valence-electron chi connectivity index (χ2n) is 5.29. The first-order valence-corrected chi connectivity index (χ1v) is 6.89. The average Bonchev–Trinajstić information content (AvgIpc) is 2.82. The Morgan fingerprint density at radius 2 is 2.32 bits per heavy atom. The minimum atomic E-state index is -0.432. The van der Waals surface area contributed by atoms with Gasteiger partial charge < -0.3 is 10.5 Å². The number of rotatable bonds is 4.